The van der Waals surface area contributed by atoms with E-state index >= 15 is 0 Å². The van der Waals surface area contributed by atoms with Gasteiger partial charge in [0.25, 0.3) is 0 Å². The maximum absolute atomic E-state index is 8.90. The van der Waals surface area contributed by atoms with Gasteiger partial charge in [-0.15, -0.1) is 0 Å². The number of aromatic nitrogens is 3. The molecular formula is C12H10N4. The fraction of sp³-hybridized carbons (Fsp3) is 0.333. The Labute approximate surface area is 93.0 Å². The lowest BCUT2D eigenvalue weighted by Gasteiger charge is -2.24. The van der Waals surface area contributed by atoms with E-state index in [-0.39, 0.29) is 0 Å². The molecule has 0 spiro atoms. The normalized spacial score (nSPS) is 15.7. The molecule has 1 aliphatic rings. The number of nitriles is 1. The molecule has 1 fully saturated rings. The number of fused-ring (bicyclic) bond motifs is 1. The van der Waals surface area contributed by atoms with Gasteiger partial charge in [0.15, 0.2) is 11.3 Å². The van der Waals surface area contributed by atoms with Crippen molar-refractivity contribution in [3.8, 4) is 6.07 Å². The Hall–Kier alpha value is -2.02. The molecule has 4 nitrogen and oxygen atoms in total. The summed E-state index contributed by atoms with van der Waals surface area (Å²) in [5, 5.41) is 9.65. The summed E-state index contributed by atoms with van der Waals surface area (Å²) in [6.45, 7) is 0. The average molecular weight is 210 g/mol. The lowest BCUT2D eigenvalue weighted by molar-refractivity contribution is 0.412. The lowest BCUT2D eigenvalue weighted by atomic mass is 9.82. The number of pyridine rings is 1. The zero-order valence-corrected chi connectivity index (χ0v) is 8.72. The minimum absolute atomic E-state index is 0.401. The summed E-state index contributed by atoms with van der Waals surface area (Å²) in [6.07, 6.45) is 5.12. The molecular weight excluding hydrogens is 200 g/mol. The van der Waals surface area contributed by atoms with Crippen LogP contribution in [-0.2, 0) is 0 Å². The van der Waals surface area contributed by atoms with Crippen LogP contribution in [0, 0.1) is 11.3 Å². The molecule has 1 aliphatic carbocycles. The Morgan fingerprint density at radius 2 is 2.12 bits per heavy atom. The summed E-state index contributed by atoms with van der Waals surface area (Å²) >= 11 is 0. The molecule has 0 aliphatic heterocycles. The summed E-state index contributed by atoms with van der Waals surface area (Å²) in [4.78, 5) is 12.5. The van der Waals surface area contributed by atoms with Crippen LogP contribution in [0.5, 0.6) is 0 Å². The van der Waals surface area contributed by atoms with Crippen LogP contribution in [0.2, 0.25) is 0 Å². The van der Waals surface area contributed by atoms with Crippen LogP contribution in [0.3, 0.4) is 0 Å². The number of nitrogens with zero attached hydrogens (tertiary/aromatic N) is 4. The van der Waals surface area contributed by atoms with Crippen molar-refractivity contribution < 1.29 is 0 Å². The molecule has 0 aromatic carbocycles. The summed E-state index contributed by atoms with van der Waals surface area (Å²) in [5.41, 5.74) is 2.13. The maximum Gasteiger partial charge on any atom is 0.164 e. The topological polar surface area (TPSA) is 62.5 Å². The molecule has 2 aromatic heterocycles. The number of rotatable bonds is 1. The Balaban J connectivity index is 2.15. The van der Waals surface area contributed by atoms with Crippen LogP contribution < -0.4 is 0 Å². The summed E-state index contributed by atoms with van der Waals surface area (Å²) in [5.74, 6) is 0.588. The second-order valence-corrected chi connectivity index (χ2v) is 4.07. The van der Waals surface area contributed by atoms with Gasteiger partial charge in [-0.25, -0.2) is 15.0 Å². The van der Waals surface area contributed by atoms with Crippen LogP contribution in [-0.4, -0.2) is 15.0 Å². The van der Waals surface area contributed by atoms with Gasteiger partial charge in [-0.1, -0.05) is 6.42 Å². The van der Waals surface area contributed by atoms with Gasteiger partial charge in [-0.2, -0.15) is 5.26 Å². The minimum Gasteiger partial charge on any atom is -0.233 e. The third-order valence-electron chi connectivity index (χ3n) is 3.15. The molecule has 0 atom stereocenters. The molecule has 2 aromatic rings. The van der Waals surface area contributed by atoms with E-state index in [1.807, 2.05) is 12.1 Å². The van der Waals surface area contributed by atoms with Crippen molar-refractivity contribution in [3.63, 3.8) is 0 Å². The summed E-state index contributed by atoms with van der Waals surface area (Å²) < 4.78 is 0. The first kappa shape index (κ1) is 9.22. The van der Waals surface area contributed by atoms with Gasteiger partial charge in [-0.3, -0.25) is 0 Å². The molecule has 0 radical (unpaired) electrons. The van der Waals surface area contributed by atoms with E-state index in [0.717, 1.165) is 11.1 Å². The summed E-state index contributed by atoms with van der Waals surface area (Å²) in [6, 6.07) is 5.96. The van der Waals surface area contributed by atoms with Gasteiger partial charge >= 0.3 is 0 Å². The van der Waals surface area contributed by atoms with Crippen molar-refractivity contribution in [2.45, 2.75) is 25.2 Å². The Morgan fingerprint density at radius 1 is 1.25 bits per heavy atom. The molecule has 4 heteroatoms. The second kappa shape index (κ2) is 3.53. The van der Waals surface area contributed by atoms with Gasteiger partial charge in [-0.05, 0) is 25.0 Å². The standard InChI is InChI=1S/C12H10N4/c13-6-11-9-4-5-10(8-2-1-3-8)16-12(9)15-7-14-11/h4-5,7-8H,1-3H2. The van der Waals surface area contributed by atoms with Crippen LogP contribution in [0.4, 0.5) is 0 Å². The molecule has 1 saturated carbocycles. The third kappa shape index (κ3) is 1.33. The fourth-order valence-electron chi connectivity index (χ4n) is 1.98. The highest BCUT2D eigenvalue weighted by atomic mass is 14.9. The monoisotopic (exact) mass is 210 g/mol. The predicted molar refractivity (Wildman–Crippen MR) is 58.6 cm³/mol. The zero-order chi connectivity index (χ0) is 11.0. The molecule has 0 saturated heterocycles. The fourth-order valence-corrected chi connectivity index (χ4v) is 1.98. The Morgan fingerprint density at radius 3 is 2.81 bits per heavy atom. The highest BCUT2D eigenvalue weighted by Gasteiger charge is 2.21. The maximum atomic E-state index is 8.90. The first-order valence-electron chi connectivity index (χ1n) is 5.40. The van der Waals surface area contributed by atoms with Gasteiger partial charge in [0.05, 0.1) is 5.39 Å². The van der Waals surface area contributed by atoms with E-state index in [0.29, 0.717) is 17.3 Å². The summed E-state index contributed by atoms with van der Waals surface area (Å²) in [7, 11) is 0. The number of hydrogen-bond donors (Lipinski definition) is 0. The largest absolute Gasteiger partial charge is 0.233 e. The first-order valence-corrected chi connectivity index (χ1v) is 5.40. The van der Waals surface area contributed by atoms with Crippen molar-refractivity contribution in [3.05, 3.63) is 29.8 Å². The molecule has 0 N–H and O–H groups in total. The van der Waals surface area contributed by atoms with Gasteiger partial charge in [0, 0.05) is 11.6 Å². The van der Waals surface area contributed by atoms with Crippen molar-refractivity contribution in [2.24, 2.45) is 0 Å². The highest BCUT2D eigenvalue weighted by Crippen LogP contribution is 2.35. The van der Waals surface area contributed by atoms with E-state index in [9.17, 15) is 0 Å². The lowest BCUT2D eigenvalue weighted by Crippen LogP contribution is -2.10. The zero-order valence-electron chi connectivity index (χ0n) is 8.72. The van der Waals surface area contributed by atoms with Crippen LogP contribution in [0.25, 0.3) is 11.0 Å². The van der Waals surface area contributed by atoms with Gasteiger partial charge < -0.3 is 0 Å². The molecule has 16 heavy (non-hydrogen) atoms. The number of hydrogen-bond acceptors (Lipinski definition) is 4. The molecule has 0 bridgehead atoms. The Bertz CT molecular complexity index is 581. The van der Waals surface area contributed by atoms with E-state index in [4.69, 9.17) is 5.26 Å². The van der Waals surface area contributed by atoms with Gasteiger partial charge in [0.1, 0.15) is 12.4 Å². The average Bonchev–Trinajstić information content (AvgIpc) is 2.25. The second-order valence-electron chi connectivity index (χ2n) is 4.07. The molecule has 2 heterocycles. The van der Waals surface area contributed by atoms with Crippen molar-refractivity contribution >= 4 is 11.0 Å². The van der Waals surface area contributed by atoms with E-state index in [2.05, 4.69) is 21.0 Å². The SMILES string of the molecule is N#Cc1ncnc2nc(C3CCC3)ccc12. The van der Waals surface area contributed by atoms with Crippen LogP contribution in [0.1, 0.15) is 36.6 Å². The first-order chi connectivity index (χ1) is 7.88. The van der Waals surface area contributed by atoms with E-state index in [1.165, 1.54) is 25.6 Å². The molecule has 0 amide bonds. The molecule has 78 valence electrons. The molecule has 3 rings (SSSR count). The van der Waals surface area contributed by atoms with E-state index in [1.54, 1.807) is 0 Å². The van der Waals surface area contributed by atoms with Crippen molar-refractivity contribution in [1.82, 2.24) is 15.0 Å². The Kier molecular flexibility index (Phi) is 2.03. The van der Waals surface area contributed by atoms with Crippen molar-refractivity contribution in [1.29, 1.82) is 5.26 Å². The molecule has 0 unspecified atom stereocenters. The van der Waals surface area contributed by atoms with Crippen molar-refractivity contribution in [2.75, 3.05) is 0 Å². The highest BCUT2D eigenvalue weighted by molar-refractivity contribution is 5.79. The van der Waals surface area contributed by atoms with Crippen LogP contribution >= 0.6 is 0 Å². The minimum atomic E-state index is 0.401. The quantitative estimate of drug-likeness (QED) is 0.723. The smallest absolute Gasteiger partial charge is 0.164 e. The third-order valence-corrected chi connectivity index (χ3v) is 3.15. The van der Waals surface area contributed by atoms with Crippen LogP contribution in [0.15, 0.2) is 18.5 Å². The van der Waals surface area contributed by atoms with Gasteiger partial charge in [0.2, 0.25) is 0 Å². The predicted octanol–water partition coefficient (Wildman–Crippen LogP) is 2.16. The van der Waals surface area contributed by atoms with E-state index < -0.39 is 0 Å².